The number of nitrogens with two attached hydrogens (primary N) is 1. The summed E-state index contributed by atoms with van der Waals surface area (Å²) in [5, 5.41) is 3.35. The van der Waals surface area contributed by atoms with E-state index in [1.807, 2.05) is 30.1 Å². The van der Waals surface area contributed by atoms with E-state index in [1.165, 1.54) is 37.7 Å². The van der Waals surface area contributed by atoms with Crippen LogP contribution in [0.1, 0.15) is 50.1 Å². The second kappa shape index (κ2) is 9.40. The second-order valence-electron chi connectivity index (χ2n) is 7.03. The van der Waals surface area contributed by atoms with Crippen LogP contribution in [-0.2, 0) is 4.79 Å². The van der Waals surface area contributed by atoms with Crippen LogP contribution in [0.15, 0.2) is 35.3 Å². The highest BCUT2D eigenvalue weighted by Crippen LogP contribution is 2.36. The van der Waals surface area contributed by atoms with Crippen LogP contribution >= 0.6 is 24.0 Å². The summed E-state index contributed by atoms with van der Waals surface area (Å²) in [6, 6.07) is 10.8. The topological polar surface area (TPSA) is 70.7 Å². The molecule has 138 valence electrons. The third-order valence-electron chi connectivity index (χ3n) is 5.29. The number of carbonyl (C=O) groups is 1. The number of aliphatic imine (C=N–C) groups is 1. The maximum Gasteiger partial charge on any atom is 0.223 e. The van der Waals surface area contributed by atoms with Crippen molar-refractivity contribution >= 4 is 35.8 Å². The molecule has 1 aliphatic heterocycles. The van der Waals surface area contributed by atoms with Crippen LogP contribution in [0.3, 0.4) is 0 Å². The zero-order valence-electron chi connectivity index (χ0n) is 14.9. The van der Waals surface area contributed by atoms with Gasteiger partial charge in [-0.3, -0.25) is 9.79 Å². The van der Waals surface area contributed by atoms with Crippen LogP contribution in [0.5, 0.6) is 0 Å². The Balaban J connectivity index is 0.00000225. The molecule has 0 bridgehead atoms. The van der Waals surface area contributed by atoms with Gasteiger partial charge >= 0.3 is 0 Å². The van der Waals surface area contributed by atoms with Crippen LogP contribution in [-0.4, -0.2) is 36.4 Å². The number of likely N-dealkylation sites (tertiary alicyclic amines) is 1. The van der Waals surface area contributed by atoms with E-state index in [4.69, 9.17) is 5.73 Å². The lowest BCUT2D eigenvalue weighted by Gasteiger charge is -2.25. The number of nitrogens with one attached hydrogen (secondary N) is 1. The average molecular weight is 456 g/mol. The predicted octanol–water partition coefficient (Wildman–Crippen LogP) is 3.06. The maximum atomic E-state index is 12.2. The fourth-order valence-corrected chi connectivity index (χ4v) is 3.98. The molecular weight excluding hydrogens is 427 g/mol. The van der Waals surface area contributed by atoms with E-state index in [0.29, 0.717) is 25.0 Å². The van der Waals surface area contributed by atoms with Gasteiger partial charge in [0, 0.05) is 32.0 Å². The van der Waals surface area contributed by atoms with Crippen molar-refractivity contribution < 1.29 is 4.79 Å². The Bertz CT molecular complexity index is 586. The third kappa shape index (κ3) is 5.09. The van der Waals surface area contributed by atoms with Gasteiger partial charge in [0.05, 0.1) is 6.04 Å². The molecule has 1 saturated carbocycles. The highest BCUT2D eigenvalue weighted by Gasteiger charge is 2.38. The number of halogens is 1. The van der Waals surface area contributed by atoms with E-state index < -0.39 is 0 Å². The van der Waals surface area contributed by atoms with Gasteiger partial charge in [0.15, 0.2) is 5.96 Å². The first kappa shape index (κ1) is 20.0. The molecule has 25 heavy (non-hydrogen) atoms. The van der Waals surface area contributed by atoms with Crippen molar-refractivity contribution in [3.8, 4) is 0 Å². The number of amides is 1. The molecule has 2 fully saturated rings. The van der Waals surface area contributed by atoms with Crippen LogP contribution in [0, 0.1) is 5.92 Å². The Morgan fingerprint density at radius 2 is 1.92 bits per heavy atom. The number of carbonyl (C=O) groups excluding carboxylic acids is 1. The van der Waals surface area contributed by atoms with Gasteiger partial charge in [-0.15, -0.1) is 24.0 Å². The minimum absolute atomic E-state index is 0. The summed E-state index contributed by atoms with van der Waals surface area (Å²) in [5.74, 6) is 0.884. The first-order valence-corrected chi connectivity index (χ1v) is 9.02. The summed E-state index contributed by atoms with van der Waals surface area (Å²) in [5.41, 5.74) is 7.25. The molecule has 0 spiro atoms. The largest absolute Gasteiger partial charge is 0.370 e. The highest BCUT2D eigenvalue weighted by molar-refractivity contribution is 14.0. The van der Waals surface area contributed by atoms with E-state index in [-0.39, 0.29) is 41.8 Å². The number of hydrogen-bond acceptors (Lipinski definition) is 2. The monoisotopic (exact) mass is 456 g/mol. The van der Waals surface area contributed by atoms with Gasteiger partial charge in [-0.2, -0.15) is 0 Å². The van der Waals surface area contributed by atoms with Crippen molar-refractivity contribution in [1.82, 2.24) is 10.2 Å². The molecule has 3 rings (SSSR count). The van der Waals surface area contributed by atoms with Gasteiger partial charge in [-0.05, 0) is 18.4 Å². The van der Waals surface area contributed by atoms with Crippen molar-refractivity contribution in [1.29, 1.82) is 0 Å². The molecule has 2 aliphatic rings. The summed E-state index contributed by atoms with van der Waals surface area (Å²) >= 11 is 0. The molecule has 6 heteroatoms. The van der Waals surface area contributed by atoms with Crippen molar-refractivity contribution in [3.63, 3.8) is 0 Å². The van der Waals surface area contributed by atoms with Gasteiger partial charge in [0.1, 0.15) is 0 Å². The molecule has 1 aromatic carbocycles. The van der Waals surface area contributed by atoms with E-state index in [9.17, 15) is 4.79 Å². The summed E-state index contributed by atoms with van der Waals surface area (Å²) < 4.78 is 0. The number of benzene rings is 1. The predicted molar refractivity (Wildman–Crippen MR) is 112 cm³/mol. The summed E-state index contributed by atoms with van der Waals surface area (Å²) in [4.78, 5) is 18.6. The van der Waals surface area contributed by atoms with Crippen molar-refractivity contribution in [3.05, 3.63) is 35.9 Å². The first-order chi connectivity index (χ1) is 11.6. The molecule has 5 nitrogen and oxygen atoms in total. The number of hydrogen-bond donors (Lipinski definition) is 2. The lowest BCUT2D eigenvalue weighted by molar-refractivity contribution is -0.127. The highest BCUT2D eigenvalue weighted by atomic mass is 127. The molecule has 2 atom stereocenters. The normalized spacial score (nSPS) is 24.9. The molecule has 1 heterocycles. The quantitative estimate of drug-likeness (QED) is 0.416. The van der Waals surface area contributed by atoms with E-state index in [2.05, 4.69) is 22.4 Å². The molecule has 1 amide bonds. The fourth-order valence-electron chi connectivity index (χ4n) is 3.98. The van der Waals surface area contributed by atoms with Gasteiger partial charge in [-0.1, -0.05) is 49.6 Å². The van der Waals surface area contributed by atoms with Crippen molar-refractivity contribution in [2.75, 3.05) is 13.6 Å². The zero-order chi connectivity index (χ0) is 16.9. The Morgan fingerprint density at radius 1 is 1.24 bits per heavy atom. The molecule has 1 aromatic rings. The number of rotatable bonds is 4. The molecular formula is C19H29IN4O. The molecule has 1 saturated heterocycles. The van der Waals surface area contributed by atoms with Crippen LogP contribution in [0.2, 0.25) is 0 Å². The second-order valence-corrected chi connectivity index (χ2v) is 7.03. The fraction of sp³-hybridized carbons (Fsp3) is 0.579. The lowest BCUT2D eigenvalue weighted by atomic mass is 9.94. The van der Waals surface area contributed by atoms with Gasteiger partial charge < -0.3 is 16.0 Å². The van der Waals surface area contributed by atoms with Crippen LogP contribution < -0.4 is 11.1 Å². The summed E-state index contributed by atoms with van der Waals surface area (Å²) in [6.45, 7) is 0.585. The Labute approximate surface area is 167 Å². The Hall–Kier alpha value is -1.31. The molecule has 2 unspecified atom stereocenters. The SMILES string of the molecule is CN1C(=O)CC(CN=C(N)NC2CCCCC2)C1c1ccccc1.I. The van der Waals surface area contributed by atoms with E-state index >= 15 is 0 Å². The first-order valence-electron chi connectivity index (χ1n) is 9.02. The van der Waals surface area contributed by atoms with E-state index in [0.717, 1.165) is 0 Å². The minimum Gasteiger partial charge on any atom is -0.370 e. The summed E-state index contributed by atoms with van der Waals surface area (Å²) in [6.07, 6.45) is 6.74. The lowest BCUT2D eigenvalue weighted by Crippen LogP contribution is -2.41. The summed E-state index contributed by atoms with van der Waals surface area (Å²) in [7, 11) is 1.88. The van der Waals surface area contributed by atoms with Crippen molar-refractivity contribution in [2.45, 2.75) is 50.6 Å². The maximum absolute atomic E-state index is 12.2. The number of nitrogens with zero attached hydrogens (tertiary/aromatic N) is 2. The smallest absolute Gasteiger partial charge is 0.223 e. The van der Waals surface area contributed by atoms with Gasteiger partial charge in [-0.25, -0.2) is 0 Å². The Kier molecular flexibility index (Phi) is 7.53. The van der Waals surface area contributed by atoms with E-state index in [1.54, 1.807) is 0 Å². The van der Waals surface area contributed by atoms with Gasteiger partial charge in [0.2, 0.25) is 5.91 Å². The molecule has 1 aliphatic carbocycles. The third-order valence-corrected chi connectivity index (χ3v) is 5.29. The minimum atomic E-state index is 0. The standard InChI is InChI=1S/C19H28N4O.HI/c1-23-17(24)12-15(18(23)14-8-4-2-5-9-14)13-21-19(20)22-16-10-6-3-7-11-16;/h2,4-5,8-9,15-16,18H,3,6-7,10-13H2,1H3,(H3,20,21,22);1H. The van der Waals surface area contributed by atoms with Crippen LogP contribution in [0.25, 0.3) is 0 Å². The molecule has 3 N–H and O–H groups in total. The van der Waals surface area contributed by atoms with Crippen LogP contribution in [0.4, 0.5) is 0 Å². The van der Waals surface area contributed by atoms with Crippen molar-refractivity contribution in [2.24, 2.45) is 16.6 Å². The Morgan fingerprint density at radius 3 is 2.60 bits per heavy atom. The average Bonchev–Trinajstić information content (AvgIpc) is 2.89. The molecule has 0 radical (unpaired) electrons. The van der Waals surface area contributed by atoms with Gasteiger partial charge in [0.25, 0.3) is 0 Å². The zero-order valence-corrected chi connectivity index (χ0v) is 17.2. The molecule has 0 aromatic heterocycles. The number of guanidine groups is 1.